The lowest BCUT2D eigenvalue weighted by Gasteiger charge is -2.11. The summed E-state index contributed by atoms with van der Waals surface area (Å²) in [5, 5.41) is 2.59. The topological polar surface area (TPSA) is 73.9 Å². The van der Waals surface area contributed by atoms with Crippen molar-refractivity contribution in [2.45, 2.75) is 33.3 Å². The highest BCUT2D eigenvalue weighted by Crippen LogP contribution is 2.28. The number of carbonyl (C=O) groups excluding carboxylic acids is 2. The zero-order chi connectivity index (χ0) is 17.9. The van der Waals surface area contributed by atoms with Gasteiger partial charge in [-0.15, -0.1) is 0 Å². The second kappa shape index (κ2) is 10.3. The highest BCUT2D eigenvalue weighted by Gasteiger charge is 2.15. The summed E-state index contributed by atoms with van der Waals surface area (Å²) < 4.78 is 15.9. The van der Waals surface area contributed by atoms with Gasteiger partial charge in [-0.3, -0.25) is 4.79 Å². The minimum Gasteiger partial charge on any atom is -0.493 e. The predicted octanol–water partition coefficient (Wildman–Crippen LogP) is 2.57. The van der Waals surface area contributed by atoms with Gasteiger partial charge >= 0.3 is 5.97 Å². The summed E-state index contributed by atoms with van der Waals surface area (Å²) in [6.07, 6.45) is 2.94. The molecule has 1 amide bonds. The molecule has 0 bridgehead atoms. The van der Waals surface area contributed by atoms with Crippen LogP contribution in [0.2, 0.25) is 0 Å². The molecule has 24 heavy (non-hydrogen) atoms. The van der Waals surface area contributed by atoms with Crippen molar-refractivity contribution in [1.29, 1.82) is 0 Å². The summed E-state index contributed by atoms with van der Waals surface area (Å²) in [5.74, 6) is 0.343. The predicted molar refractivity (Wildman–Crippen MR) is 92.1 cm³/mol. The van der Waals surface area contributed by atoms with Crippen LogP contribution in [0, 0.1) is 0 Å². The lowest BCUT2D eigenvalue weighted by atomic mass is 10.2. The van der Waals surface area contributed by atoms with Crippen molar-refractivity contribution in [3.63, 3.8) is 0 Å². The van der Waals surface area contributed by atoms with Crippen LogP contribution in [0.5, 0.6) is 11.5 Å². The molecule has 0 fully saturated rings. The Kier molecular flexibility index (Phi) is 8.39. The molecule has 0 spiro atoms. The van der Waals surface area contributed by atoms with Gasteiger partial charge in [-0.1, -0.05) is 13.0 Å². The molecule has 0 heterocycles. The van der Waals surface area contributed by atoms with Gasteiger partial charge in [-0.25, -0.2) is 4.79 Å². The standard InChI is InChI=1S/C18H25NO5/c1-5-11-23-15-9-7-14(12-16(15)22-4)8-10-17(20)24-13(3)18(21)19-6-2/h7-10,12-13H,5-6,11H2,1-4H3,(H,19,21)/b10-8+/t13-/m0/s1. The van der Waals surface area contributed by atoms with Crippen molar-refractivity contribution in [2.75, 3.05) is 20.3 Å². The third-order valence-electron chi connectivity index (χ3n) is 3.07. The Balaban J connectivity index is 2.69. The van der Waals surface area contributed by atoms with Crippen LogP contribution in [0.1, 0.15) is 32.8 Å². The summed E-state index contributed by atoms with van der Waals surface area (Å²) in [7, 11) is 1.56. The van der Waals surface area contributed by atoms with Gasteiger partial charge in [0.2, 0.25) is 0 Å². The van der Waals surface area contributed by atoms with Crippen LogP contribution in [0.4, 0.5) is 0 Å². The number of methoxy groups -OCH3 is 1. The smallest absolute Gasteiger partial charge is 0.331 e. The molecule has 6 nitrogen and oxygen atoms in total. The van der Waals surface area contributed by atoms with E-state index in [1.165, 1.54) is 13.0 Å². The molecule has 0 aliphatic rings. The number of hydrogen-bond acceptors (Lipinski definition) is 5. The van der Waals surface area contributed by atoms with E-state index >= 15 is 0 Å². The van der Waals surface area contributed by atoms with E-state index in [9.17, 15) is 9.59 Å². The SMILES string of the molecule is CCCOc1ccc(/C=C/C(=O)O[C@@H](C)C(=O)NCC)cc1OC. The Morgan fingerprint density at radius 3 is 2.62 bits per heavy atom. The van der Waals surface area contributed by atoms with Gasteiger partial charge in [-0.05, 0) is 44.0 Å². The maximum Gasteiger partial charge on any atom is 0.331 e. The second-order valence-corrected chi connectivity index (χ2v) is 5.07. The van der Waals surface area contributed by atoms with Crippen LogP contribution in [0.25, 0.3) is 6.08 Å². The average molecular weight is 335 g/mol. The fourth-order valence-electron chi connectivity index (χ4n) is 1.87. The molecular formula is C18H25NO5. The highest BCUT2D eigenvalue weighted by atomic mass is 16.5. The molecule has 0 aliphatic carbocycles. The first-order valence-electron chi connectivity index (χ1n) is 7.99. The number of rotatable bonds is 9. The highest BCUT2D eigenvalue weighted by molar-refractivity contribution is 5.90. The van der Waals surface area contributed by atoms with Crippen LogP contribution >= 0.6 is 0 Å². The van der Waals surface area contributed by atoms with Crippen molar-refractivity contribution in [1.82, 2.24) is 5.32 Å². The van der Waals surface area contributed by atoms with Gasteiger partial charge in [0.1, 0.15) is 0 Å². The van der Waals surface area contributed by atoms with E-state index in [2.05, 4.69) is 5.32 Å². The van der Waals surface area contributed by atoms with E-state index in [0.717, 1.165) is 12.0 Å². The molecule has 0 unspecified atom stereocenters. The van der Waals surface area contributed by atoms with Crippen molar-refractivity contribution < 1.29 is 23.8 Å². The molecule has 0 aromatic heterocycles. The molecule has 1 aromatic rings. The van der Waals surface area contributed by atoms with Crippen molar-refractivity contribution in [3.8, 4) is 11.5 Å². The van der Waals surface area contributed by atoms with Crippen LogP contribution < -0.4 is 14.8 Å². The molecule has 1 rings (SSSR count). The molecule has 0 aliphatic heterocycles. The first-order valence-corrected chi connectivity index (χ1v) is 7.99. The molecule has 1 atom stereocenters. The maximum absolute atomic E-state index is 11.8. The van der Waals surface area contributed by atoms with Crippen molar-refractivity contribution in [3.05, 3.63) is 29.8 Å². The Bertz CT molecular complexity index is 583. The number of hydrogen-bond donors (Lipinski definition) is 1. The van der Waals surface area contributed by atoms with E-state index in [1.807, 2.05) is 13.0 Å². The third kappa shape index (κ3) is 6.32. The van der Waals surface area contributed by atoms with Gasteiger partial charge < -0.3 is 19.5 Å². The van der Waals surface area contributed by atoms with E-state index in [0.29, 0.717) is 24.7 Å². The van der Waals surface area contributed by atoms with Gasteiger partial charge in [-0.2, -0.15) is 0 Å². The van der Waals surface area contributed by atoms with Crippen LogP contribution in [-0.4, -0.2) is 38.2 Å². The summed E-state index contributed by atoms with van der Waals surface area (Å²) in [6.45, 7) is 6.45. The number of carbonyl (C=O) groups is 2. The summed E-state index contributed by atoms with van der Waals surface area (Å²) >= 11 is 0. The molecule has 0 saturated heterocycles. The number of amides is 1. The molecule has 6 heteroatoms. The molecule has 0 radical (unpaired) electrons. The maximum atomic E-state index is 11.8. The van der Waals surface area contributed by atoms with Gasteiger partial charge in [0, 0.05) is 12.6 Å². The fraction of sp³-hybridized carbons (Fsp3) is 0.444. The first-order chi connectivity index (χ1) is 11.5. The lowest BCUT2D eigenvalue weighted by molar-refractivity contribution is -0.150. The quantitative estimate of drug-likeness (QED) is 0.554. The Hall–Kier alpha value is -2.50. The number of likely N-dealkylation sites (N-methyl/N-ethyl adjacent to an activating group) is 1. The number of benzene rings is 1. The monoisotopic (exact) mass is 335 g/mol. The second-order valence-electron chi connectivity index (χ2n) is 5.07. The molecule has 132 valence electrons. The zero-order valence-corrected chi connectivity index (χ0v) is 14.6. The van der Waals surface area contributed by atoms with Crippen molar-refractivity contribution in [2.24, 2.45) is 0 Å². The lowest BCUT2D eigenvalue weighted by Crippen LogP contribution is -2.35. The molecule has 1 N–H and O–H groups in total. The van der Waals surface area contributed by atoms with Crippen LogP contribution in [0.15, 0.2) is 24.3 Å². The Morgan fingerprint density at radius 2 is 2.00 bits per heavy atom. The number of ether oxygens (including phenoxy) is 3. The molecule has 1 aromatic carbocycles. The summed E-state index contributed by atoms with van der Waals surface area (Å²) in [4.78, 5) is 23.3. The zero-order valence-electron chi connectivity index (χ0n) is 14.6. The third-order valence-corrected chi connectivity index (χ3v) is 3.07. The Labute approximate surface area is 142 Å². The molecule has 0 saturated carbocycles. The minimum atomic E-state index is -0.832. The van der Waals surface area contributed by atoms with E-state index in [4.69, 9.17) is 14.2 Å². The van der Waals surface area contributed by atoms with Crippen LogP contribution in [-0.2, 0) is 14.3 Å². The van der Waals surface area contributed by atoms with E-state index < -0.39 is 12.1 Å². The summed E-state index contributed by atoms with van der Waals surface area (Å²) in [6, 6.07) is 5.36. The van der Waals surface area contributed by atoms with Gasteiger partial charge in [0.25, 0.3) is 5.91 Å². The van der Waals surface area contributed by atoms with Gasteiger partial charge in [0.15, 0.2) is 17.6 Å². The Morgan fingerprint density at radius 1 is 1.25 bits per heavy atom. The fourth-order valence-corrected chi connectivity index (χ4v) is 1.87. The van der Waals surface area contributed by atoms with Crippen LogP contribution in [0.3, 0.4) is 0 Å². The number of nitrogens with one attached hydrogen (secondary N) is 1. The largest absolute Gasteiger partial charge is 0.493 e. The molecular weight excluding hydrogens is 310 g/mol. The van der Waals surface area contributed by atoms with E-state index in [-0.39, 0.29) is 5.91 Å². The first kappa shape index (κ1) is 19.5. The summed E-state index contributed by atoms with van der Waals surface area (Å²) in [5.41, 5.74) is 0.762. The van der Waals surface area contributed by atoms with Gasteiger partial charge in [0.05, 0.1) is 13.7 Å². The van der Waals surface area contributed by atoms with Crippen molar-refractivity contribution >= 4 is 18.0 Å². The average Bonchev–Trinajstić information content (AvgIpc) is 2.58. The minimum absolute atomic E-state index is 0.321. The number of esters is 1. The van der Waals surface area contributed by atoms with E-state index in [1.54, 1.807) is 32.2 Å². The normalized spacial score (nSPS) is 11.8.